The fraction of sp³-hybridized carbons (Fsp3) is 1.00. The quantitative estimate of drug-likeness (QED) is 0.810. The van der Waals surface area contributed by atoms with Gasteiger partial charge in [-0.1, -0.05) is 38.5 Å². The molecule has 0 heterocycles. The summed E-state index contributed by atoms with van der Waals surface area (Å²) in [7, 11) is 0. The molecule has 0 saturated heterocycles. The lowest BCUT2D eigenvalue weighted by Crippen LogP contribution is -2.56. The van der Waals surface area contributed by atoms with Crippen LogP contribution in [0.5, 0.6) is 0 Å². The molecule has 0 unspecified atom stereocenters. The summed E-state index contributed by atoms with van der Waals surface area (Å²) >= 11 is 0. The third-order valence-corrected chi connectivity index (χ3v) is 5.36. The zero-order valence-corrected chi connectivity index (χ0v) is 13.0. The first kappa shape index (κ1) is 15.3. The van der Waals surface area contributed by atoms with Gasteiger partial charge in [0.2, 0.25) is 0 Å². The van der Waals surface area contributed by atoms with E-state index in [1.54, 1.807) is 0 Å². The summed E-state index contributed by atoms with van der Waals surface area (Å²) in [6.45, 7) is 5.03. The number of hydrogen-bond acceptors (Lipinski definition) is 2. The third-order valence-electron chi connectivity index (χ3n) is 5.36. The lowest BCUT2D eigenvalue weighted by molar-refractivity contribution is -0.0188. The molecule has 2 aliphatic rings. The van der Waals surface area contributed by atoms with E-state index >= 15 is 0 Å². The highest BCUT2D eigenvalue weighted by Gasteiger charge is 2.37. The fourth-order valence-corrected chi connectivity index (χ4v) is 4.41. The SMILES string of the molecule is CC(C)(CCO)N(C1CCCCC1)C1CCCCC1. The molecule has 0 spiro atoms. The van der Waals surface area contributed by atoms with Gasteiger partial charge in [0.05, 0.1) is 0 Å². The molecule has 0 aromatic rings. The lowest BCUT2D eigenvalue weighted by Gasteiger charge is -2.50. The second-order valence-electron chi connectivity index (χ2n) is 7.28. The minimum Gasteiger partial charge on any atom is -0.396 e. The molecule has 112 valence electrons. The van der Waals surface area contributed by atoms with E-state index < -0.39 is 0 Å². The van der Waals surface area contributed by atoms with E-state index in [2.05, 4.69) is 18.7 Å². The van der Waals surface area contributed by atoms with Crippen LogP contribution in [0, 0.1) is 0 Å². The van der Waals surface area contributed by atoms with Gasteiger partial charge in [-0.15, -0.1) is 0 Å². The zero-order chi connectivity index (χ0) is 13.7. The normalized spacial score (nSPS) is 24.0. The smallest absolute Gasteiger partial charge is 0.0448 e. The van der Waals surface area contributed by atoms with E-state index in [4.69, 9.17) is 0 Å². The van der Waals surface area contributed by atoms with Crippen LogP contribution in [0.3, 0.4) is 0 Å². The Balaban J connectivity index is 2.10. The predicted molar refractivity (Wildman–Crippen MR) is 81.4 cm³/mol. The van der Waals surface area contributed by atoms with Crippen molar-refractivity contribution in [3.8, 4) is 0 Å². The number of rotatable bonds is 5. The van der Waals surface area contributed by atoms with Gasteiger partial charge in [0, 0.05) is 24.2 Å². The molecule has 2 saturated carbocycles. The maximum atomic E-state index is 9.42. The molecule has 0 bridgehead atoms. The third kappa shape index (κ3) is 3.95. The largest absolute Gasteiger partial charge is 0.396 e. The Morgan fingerprint density at radius 3 is 1.63 bits per heavy atom. The molecular formula is C17H33NO. The first-order valence-electron chi connectivity index (χ1n) is 8.54. The molecule has 2 fully saturated rings. The van der Waals surface area contributed by atoms with Crippen molar-refractivity contribution in [2.24, 2.45) is 0 Å². The van der Waals surface area contributed by atoms with Crippen molar-refractivity contribution >= 4 is 0 Å². The van der Waals surface area contributed by atoms with Crippen molar-refractivity contribution < 1.29 is 5.11 Å². The van der Waals surface area contributed by atoms with E-state index in [0.29, 0.717) is 6.61 Å². The highest BCUT2D eigenvalue weighted by atomic mass is 16.3. The number of aliphatic hydroxyl groups is 1. The molecule has 0 aromatic carbocycles. The van der Waals surface area contributed by atoms with Crippen LogP contribution in [0.4, 0.5) is 0 Å². The molecule has 0 amide bonds. The minimum atomic E-state index is 0.165. The van der Waals surface area contributed by atoms with Crippen molar-refractivity contribution in [2.75, 3.05) is 6.61 Å². The Morgan fingerprint density at radius 2 is 1.26 bits per heavy atom. The monoisotopic (exact) mass is 267 g/mol. The molecule has 2 rings (SSSR count). The van der Waals surface area contributed by atoms with Crippen LogP contribution in [-0.4, -0.2) is 34.2 Å². The Bertz CT molecular complexity index is 234. The van der Waals surface area contributed by atoms with Crippen LogP contribution in [0.1, 0.15) is 84.5 Å². The summed E-state index contributed by atoms with van der Waals surface area (Å²) in [5, 5.41) is 9.42. The molecule has 0 atom stereocenters. The van der Waals surface area contributed by atoms with Crippen LogP contribution in [-0.2, 0) is 0 Å². The predicted octanol–water partition coefficient (Wildman–Crippen LogP) is 4.11. The number of nitrogens with zero attached hydrogens (tertiary/aromatic N) is 1. The van der Waals surface area contributed by atoms with Crippen LogP contribution in [0.15, 0.2) is 0 Å². The zero-order valence-electron chi connectivity index (χ0n) is 13.0. The number of aliphatic hydroxyl groups excluding tert-OH is 1. The van der Waals surface area contributed by atoms with Gasteiger partial charge in [-0.2, -0.15) is 0 Å². The van der Waals surface area contributed by atoms with Crippen LogP contribution < -0.4 is 0 Å². The van der Waals surface area contributed by atoms with Crippen LogP contribution in [0.25, 0.3) is 0 Å². The van der Waals surface area contributed by atoms with E-state index in [9.17, 15) is 5.11 Å². The van der Waals surface area contributed by atoms with E-state index in [-0.39, 0.29) is 5.54 Å². The maximum absolute atomic E-state index is 9.42. The van der Waals surface area contributed by atoms with Gasteiger partial charge in [0.25, 0.3) is 0 Å². The van der Waals surface area contributed by atoms with Crippen molar-refractivity contribution in [2.45, 2.75) is 102 Å². The lowest BCUT2D eigenvalue weighted by atomic mass is 9.83. The number of hydrogen-bond donors (Lipinski definition) is 1. The Labute approximate surface area is 119 Å². The molecule has 1 N–H and O–H groups in total. The summed E-state index contributed by atoms with van der Waals surface area (Å²) in [4.78, 5) is 2.83. The van der Waals surface area contributed by atoms with E-state index in [1.165, 1.54) is 64.2 Å². The highest BCUT2D eigenvalue weighted by Crippen LogP contribution is 2.36. The summed E-state index contributed by atoms with van der Waals surface area (Å²) in [5.41, 5.74) is 0.165. The minimum absolute atomic E-state index is 0.165. The fourth-order valence-electron chi connectivity index (χ4n) is 4.41. The van der Waals surface area contributed by atoms with Crippen LogP contribution in [0.2, 0.25) is 0 Å². The first-order chi connectivity index (χ1) is 9.15. The average Bonchev–Trinajstić information content (AvgIpc) is 2.41. The van der Waals surface area contributed by atoms with Gasteiger partial charge in [0.1, 0.15) is 0 Å². The van der Waals surface area contributed by atoms with Crippen molar-refractivity contribution in [3.63, 3.8) is 0 Å². The van der Waals surface area contributed by atoms with E-state index in [0.717, 1.165) is 18.5 Å². The summed E-state index contributed by atoms with van der Waals surface area (Å²) in [6.07, 6.45) is 14.9. The molecule has 0 aromatic heterocycles. The van der Waals surface area contributed by atoms with Crippen LogP contribution >= 0.6 is 0 Å². The Hall–Kier alpha value is -0.0800. The van der Waals surface area contributed by atoms with Crippen molar-refractivity contribution in [1.82, 2.24) is 4.90 Å². The summed E-state index contributed by atoms with van der Waals surface area (Å²) in [6, 6.07) is 1.55. The molecule has 2 nitrogen and oxygen atoms in total. The molecule has 0 aliphatic heterocycles. The van der Waals surface area contributed by atoms with Gasteiger partial charge in [-0.05, 0) is 46.0 Å². The second-order valence-corrected chi connectivity index (χ2v) is 7.28. The molecule has 2 heteroatoms. The van der Waals surface area contributed by atoms with Gasteiger partial charge < -0.3 is 5.11 Å². The highest BCUT2D eigenvalue weighted by molar-refractivity contribution is 4.93. The Kier molecular flexibility index (Phi) is 5.70. The first-order valence-corrected chi connectivity index (χ1v) is 8.54. The van der Waals surface area contributed by atoms with Gasteiger partial charge in [0.15, 0.2) is 0 Å². The van der Waals surface area contributed by atoms with Crippen molar-refractivity contribution in [3.05, 3.63) is 0 Å². The molecule has 19 heavy (non-hydrogen) atoms. The molecule has 0 radical (unpaired) electrons. The van der Waals surface area contributed by atoms with Crippen molar-refractivity contribution in [1.29, 1.82) is 0 Å². The maximum Gasteiger partial charge on any atom is 0.0448 e. The molecule has 2 aliphatic carbocycles. The average molecular weight is 267 g/mol. The van der Waals surface area contributed by atoms with E-state index in [1.807, 2.05) is 0 Å². The topological polar surface area (TPSA) is 23.5 Å². The van der Waals surface area contributed by atoms with Gasteiger partial charge in [-0.3, -0.25) is 4.90 Å². The molecular weight excluding hydrogens is 234 g/mol. The summed E-state index contributed by atoms with van der Waals surface area (Å²) in [5.74, 6) is 0. The summed E-state index contributed by atoms with van der Waals surface area (Å²) < 4.78 is 0. The second kappa shape index (κ2) is 7.08. The van der Waals surface area contributed by atoms with Gasteiger partial charge >= 0.3 is 0 Å². The standard InChI is InChI=1S/C17H33NO/c1-17(2,13-14-19)18(15-9-5-3-6-10-15)16-11-7-4-8-12-16/h15-16,19H,3-14H2,1-2H3. The Morgan fingerprint density at radius 1 is 0.842 bits per heavy atom. The van der Waals surface area contributed by atoms with Gasteiger partial charge in [-0.25, -0.2) is 0 Å².